The molecule has 1 heterocycles. The lowest BCUT2D eigenvalue weighted by Gasteiger charge is -2.05. The molecule has 3 N–H and O–H groups in total. The monoisotopic (exact) mass is 287 g/mol. The summed E-state index contributed by atoms with van der Waals surface area (Å²) in [5.74, 6) is -0.0521. The molecule has 5 nitrogen and oxygen atoms in total. The number of H-pyrrole nitrogens is 1. The molecule has 1 aromatic heterocycles. The van der Waals surface area contributed by atoms with Gasteiger partial charge in [-0.2, -0.15) is 0 Å². The third kappa shape index (κ3) is 4.63. The van der Waals surface area contributed by atoms with Crippen molar-refractivity contribution in [2.24, 2.45) is 0 Å². The average molecular weight is 287 g/mol. The Balaban J connectivity index is 1.69. The third-order valence-electron chi connectivity index (χ3n) is 3.35. The normalized spacial score (nSPS) is 10.5. The largest absolute Gasteiger partial charge is 0.361 e. The van der Waals surface area contributed by atoms with Gasteiger partial charge in [0.2, 0.25) is 11.8 Å². The van der Waals surface area contributed by atoms with Gasteiger partial charge in [0.1, 0.15) is 0 Å². The van der Waals surface area contributed by atoms with Crippen molar-refractivity contribution >= 4 is 22.7 Å². The summed E-state index contributed by atoms with van der Waals surface area (Å²) in [7, 11) is 0. The van der Waals surface area contributed by atoms with Crippen LogP contribution in [0.15, 0.2) is 30.5 Å². The first-order valence-corrected chi connectivity index (χ1v) is 7.23. The maximum absolute atomic E-state index is 11.6. The van der Waals surface area contributed by atoms with Crippen molar-refractivity contribution in [2.45, 2.75) is 26.2 Å². The van der Waals surface area contributed by atoms with Crippen molar-refractivity contribution < 1.29 is 9.59 Å². The zero-order valence-electron chi connectivity index (χ0n) is 12.2. The van der Waals surface area contributed by atoms with Crippen LogP contribution in [0.2, 0.25) is 0 Å². The molecule has 0 atom stereocenters. The van der Waals surface area contributed by atoms with E-state index < -0.39 is 0 Å². The number of aromatic amines is 1. The number of nitrogens with one attached hydrogen (secondary N) is 3. The molecule has 0 aliphatic carbocycles. The Bertz CT molecular complexity index is 619. The summed E-state index contributed by atoms with van der Waals surface area (Å²) in [4.78, 5) is 25.6. The van der Waals surface area contributed by atoms with Crippen LogP contribution in [0.4, 0.5) is 0 Å². The van der Waals surface area contributed by atoms with E-state index in [-0.39, 0.29) is 11.8 Å². The summed E-state index contributed by atoms with van der Waals surface area (Å²) in [6.07, 6.45) is 4.20. The average Bonchev–Trinajstić information content (AvgIpc) is 2.87. The van der Waals surface area contributed by atoms with E-state index >= 15 is 0 Å². The third-order valence-corrected chi connectivity index (χ3v) is 3.35. The fourth-order valence-electron chi connectivity index (χ4n) is 2.31. The first-order valence-electron chi connectivity index (χ1n) is 7.23. The van der Waals surface area contributed by atoms with Crippen molar-refractivity contribution in [2.75, 3.05) is 13.1 Å². The first-order chi connectivity index (χ1) is 10.2. The van der Waals surface area contributed by atoms with Crippen LogP contribution in [0.1, 0.15) is 25.3 Å². The van der Waals surface area contributed by atoms with E-state index in [1.165, 1.54) is 17.9 Å². The lowest BCUT2D eigenvalue weighted by Crippen LogP contribution is -2.33. The van der Waals surface area contributed by atoms with Gasteiger partial charge in [0, 0.05) is 43.5 Å². The summed E-state index contributed by atoms with van der Waals surface area (Å²) in [5, 5.41) is 6.66. The Morgan fingerprint density at radius 3 is 2.71 bits per heavy atom. The molecule has 1 aromatic carbocycles. The van der Waals surface area contributed by atoms with Crippen LogP contribution >= 0.6 is 0 Å². The molecule has 2 amide bonds. The van der Waals surface area contributed by atoms with Gasteiger partial charge >= 0.3 is 0 Å². The second-order valence-electron chi connectivity index (χ2n) is 5.05. The molecule has 0 spiro atoms. The smallest absolute Gasteiger partial charge is 0.220 e. The highest BCUT2D eigenvalue weighted by Crippen LogP contribution is 2.19. The zero-order chi connectivity index (χ0) is 15.1. The number of fused-ring (bicyclic) bond motifs is 1. The standard InChI is InChI=1S/C16H21N3O2/c1-12(20)17-9-10-18-16(21)8-4-5-13-11-19-15-7-3-2-6-14(13)15/h2-3,6-7,11,19H,4-5,8-10H2,1H3,(H,17,20)(H,18,21). The maximum Gasteiger partial charge on any atom is 0.220 e. The zero-order valence-corrected chi connectivity index (χ0v) is 12.2. The predicted octanol–water partition coefficient (Wildman–Crippen LogP) is 1.74. The number of carbonyl (C=O) groups is 2. The van der Waals surface area contributed by atoms with Gasteiger partial charge in [0.25, 0.3) is 0 Å². The van der Waals surface area contributed by atoms with Crippen molar-refractivity contribution in [3.05, 3.63) is 36.0 Å². The van der Waals surface area contributed by atoms with Crippen LogP contribution in [0.3, 0.4) is 0 Å². The summed E-state index contributed by atoms with van der Waals surface area (Å²) < 4.78 is 0. The molecule has 0 radical (unpaired) electrons. The lowest BCUT2D eigenvalue weighted by atomic mass is 10.1. The molecule has 2 aromatic rings. The van der Waals surface area contributed by atoms with Gasteiger partial charge in [-0.1, -0.05) is 18.2 Å². The summed E-state index contributed by atoms with van der Waals surface area (Å²) in [5.41, 5.74) is 2.38. The van der Waals surface area contributed by atoms with Crippen LogP contribution in [-0.2, 0) is 16.0 Å². The van der Waals surface area contributed by atoms with Gasteiger partial charge in [-0.15, -0.1) is 0 Å². The van der Waals surface area contributed by atoms with Crippen molar-refractivity contribution in [1.82, 2.24) is 15.6 Å². The fraction of sp³-hybridized carbons (Fsp3) is 0.375. The summed E-state index contributed by atoms with van der Waals surface area (Å²) in [6, 6.07) is 8.17. The van der Waals surface area contributed by atoms with Gasteiger partial charge in [-0.3, -0.25) is 9.59 Å². The number of hydrogen-bond donors (Lipinski definition) is 3. The van der Waals surface area contributed by atoms with Crippen LogP contribution in [0.5, 0.6) is 0 Å². The molecule has 5 heteroatoms. The van der Waals surface area contributed by atoms with Crippen molar-refractivity contribution in [3.8, 4) is 0 Å². The Morgan fingerprint density at radius 2 is 1.90 bits per heavy atom. The van der Waals surface area contributed by atoms with E-state index in [0.29, 0.717) is 19.5 Å². The molecule has 0 fully saturated rings. The van der Waals surface area contributed by atoms with E-state index in [1.54, 1.807) is 0 Å². The Labute approximate surface area is 124 Å². The second-order valence-corrected chi connectivity index (χ2v) is 5.05. The quantitative estimate of drug-likeness (QED) is 0.679. The van der Waals surface area contributed by atoms with Crippen LogP contribution in [0, 0.1) is 0 Å². The molecule has 0 unspecified atom stereocenters. The molecular formula is C16H21N3O2. The molecular weight excluding hydrogens is 266 g/mol. The minimum atomic E-state index is -0.0800. The van der Waals surface area contributed by atoms with Crippen molar-refractivity contribution in [3.63, 3.8) is 0 Å². The SMILES string of the molecule is CC(=O)NCCNC(=O)CCCc1c[nH]c2ccccc12. The van der Waals surface area contributed by atoms with Crippen LogP contribution < -0.4 is 10.6 Å². The molecule has 112 valence electrons. The van der Waals surface area contributed by atoms with Gasteiger partial charge in [-0.25, -0.2) is 0 Å². The number of benzene rings is 1. The fourth-order valence-corrected chi connectivity index (χ4v) is 2.31. The van der Waals surface area contributed by atoms with E-state index in [0.717, 1.165) is 18.4 Å². The predicted molar refractivity (Wildman–Crippen MR) is 82.9 cm³/mol. The Kier molecular flexibility index (Phi) is 5.37. The van der Waals surface area contributed by atoms with Gasteiger partial charge in [0.05, 0.1) is 0 Å². The topological polar surface area (TPSA) is 74.0 Å². The number of para-hydroxylation sites is 1. The summed E-state index contributed by atoms with van der Waals surface area (Å²) in [6.45, 7) is 2.41. The Morgan fingerprint density at radius 1 is 1.14 bits per heavy atom. The number of carbonyl (C=O) groups excluding carboxylic acids is 2. The molecule has 0 aliphatic rings. The molecule has 21 heavy (non-hydrogen) atoms. The number of aryl methyl sites for hydroxylation is 1. The lowest BCUT2D eigenvalue weighted by molar-refractivity contribution is -0.122. The van der Waals surface area contributed by atoms with Gasteiger partial charge < -0.3 is 15.6 Å². The number of rotatable bonds is 7. The van der Waals surface area contributed by atoms with E-state index in [1.807, 2.05) is 24.4 Å². The molecule has 0 aliphatic heterocycles. The van der Waals surface area contributed by atoms with Crippen LogP contribution in [0.25, 0.3) is 10.9 Å². The molecule has 0 saturated carbocycles. The highest BCUT2D eigenvalue weighted by atomic mass is 16.2. The summed E-state index contributed by atoms with van der Waals surface area (Å²) >= 11 is 0. The van der Waals surface area contributed by atoms with Gasteiger partial charge in [0.15, 0.2) is 0 Å². The van der Waals surface area contributed by atoms with Crippen LogP contribution in [-0.4, -0.2) is 29.9 Å². The molecule has 2 rings (SSSR count). The number of aromatic nitrogens is 1. The highest BCUT2D eigenvalue weighted by molar-refractivity contribution is 5.83. The number of amides is 2. The van der Waals surface area contributed by atoms with Gasteiger partial charge in [-0.05, 0) is 24.5 Å². The van der Waals surface area contributed by atoms with E-state index in [2.05, 4.69) is 21.7 Å². The minimum Gasteiger partial charge on any atom is -0.361 e. The maximum atomic E-state index is 11.6. The minimum absolute atomic E-state index is 0.0280. The number of hydrogen-bond acceptors (Lipinski definition) is 2. The first kappa shape index (κ1) is 15.1. The molecule has 0 saturated heterocycles. The van der Waals surface area contributed by atoms with E-state index in [4.69, 9.17) is 0 Å². The molecule has 0 bridgehead atoms. The Hall–Kier alpha value is -2.30. The van der Waals surface area contributed by atoms with Crippen molar-refractivity contribution in [1.29, 1.82) is 0 Å². The van der Waals surface area contributed by atoms with E-state index in [9.17, 15) is 9.59 Å². The highest BCUT2D eigenvalue weighted by Gasteiger charge is 2.05. The second kappa shape index (κ2) is 7.47.